The van der Waals surface area contributed by atoms with Gasteiger partial charge in [0.15, 0.2) is 0 Å². The lowest BCUT2D eigenvalue weighted by molar-refractivity contribution is -0.901. The Bertz CT molecular complexity index is 633. The zero-order chi connectivity index (χ0) is 16.6. The van der Waals surface area contributed by atoms with Gasteiger partial charge in [-0.3, -0.25) is 4.79 Å². The molecule has 3 nitrogen and oxygen atoms in total. The number of hydrogen-bond donors (Lipinski definition) is 2. The fourth-order valence-electron chi connectivity index (χ4n) is 3.20. The summed E-state index contributed by atoms with van der Waals surface area (Å²) in [6.45, 7) is 3.22. The third kappa shape index (κ3) is 5.39. The monoisotopic (exact) mass is 341 g/mol. The largest absolute Gasteiger partial charge is 0.347 e. The summed E-state index contributed by atoms with van der Waals surface area (Å²) >= 11 is 1.68. The number of likely N-dealkylation sites (tertiary alicyclic amines) is 1. The number of nitrogens with one attached hydrogen (secondary N) is 2. The van der Waals surface area contributed by atoms with E-state index in [9.17, 15) is 4.79 Å². The number of carbonyl (C=O) groups excluding carboxylic acids is 1. The number of thioether (sulfide) groups is 1. The van der Waals surface area contributed by atoms with Gasteiger partial charge in [-0.15, -0.1) is 11.8 Å². The maximum atomic E-state index is 12.1. The summed E-state index contributed by atoms with van der Waals surface area (Å²) < 4.78 is 0. The number of quaternary nitrogens is 1. The summed E-state index contributed by atoms with van der Waals surface area (Å²) in [4.78, 5) is 13.7. The average molecular weight is 342 g/mol. The molecule has 2 aromatic rings. The van der Waals surface area contributed by atoms with Crippen molar-refractivity contribution in [2.75, 3.05) is 18.8 Å². The second kappa shape index (κ2) is 8.90. The minimum Gasteiger partial charge on any atom is -0.347 e. The van der Waals surface area contributed by atoms with Crippen LogP contribution in [0.2, 0.25) is 0 Å². The van der Waals surface area contributed by atoms with E-state index >= 15 is 0 Å². The highest BCUT2D eigenvalue weighted by molar-refractivity contribution is 7.99. The highest BCUT2D eigenvalue weighted by atomic mass is 32.2. The lowest BCUT2D eigenvalue weighted by Crippen LogP contribution is -3.09. The fraction of sp³-hybridized carbons (Fsp3) is 0.350. The molecule has 2 aromatic carbocycles. The molecule has 1 fully saturated rings. The van der Waals surface area contributed by atoms with E-state index in [1.54, 1.807) is 16.7 Å². The van der Waals surface area contributed by atoms with Gasteiger partial charge in [0.25, 0.3) is 0 Å². The number of hydrogen-bond acceptors (Lipinski definition) is 2. The van der Waals surface area contributed by atoms with Crippen molar-refractivity contribution in [2.45, 2.75) is 24.8 Å². The zero-order valence-electron chi connectivity index (χ0n) is 13.9. The SMILES string of the molecule is O=C(CSCc1ccccc1)N[C@H]1CC[NH+](Cc2ccccc2)C1. The van der Waals surface area contributed by atoms with E-state index < -0.39 is 0 Å². The van der Waals surface area contributed by atoms with Crippen LogP contribution in [0.4, 0.5) is 0 Å². The number of benzene rings is 2. The molecule has 0 radical (unpaired) electrons. The van der Waals surface area contributed by atoms with Crippen LogP contribution in [0.25, 0.3) is 0 Å². The van der Waals surface area contributed by atoms with E-state index in [-0.39, 0.29) is 5.91 Å². The van der Waals surface area contributed by atoms with Crippen molar-refractivity contribution in [3.05, 3.63) is 71.8 Å². The fourth-order valence-corrected chi connectivity index (χ4v) is 4.00. The number of carbonyl (C=O) groups is 1. The van der Waals surface area contributed by atoms with Crippen molar-refractivity contribution in [1.29, 1.82) is 0 Å². The topological polar surface area (TPSA) is 33.5 Å². The van der Waals surface area contributed by atoms with E-state index in [4.69, 9.17) is 0 Å². The van der Waals surface area contributed by atoms with Crippen LogP contribution < -0.4 is 10.2 Å². The molecule has 0 saturated carbocycles. The van der Waals surface area contributed by atoms with Crippen molar-refractivity contribution < 1.29 is 9.69 Å². The Hall–Kier alpha value is -1.78. The molecule has 0 aromatic heterocycles. The predicted molar refractivity (Wildman–Crippen MR) is 100.0 cm³/mol. The van der Waals surface area contributed by atoms with Crippen molar-refractivity contribution in [1.82, 2.24) is 5.32 Å². The average Bonchev–Trinajstić information content (AvgIpc) is 3.03. The smallest absolute Gasteiger partial charge is 0.230 e. The Balaban J connectivity index is 1.35. The summed E-state index contributed by atoms with van der Waals surface area (Å²) in [7, 11) is 0. The number of amides is 1. The van der Waals surface area contributed by atoms with Crippen molar-refractivity contribution >= 4 is 17.7 Å². The molecule has 0 spiro atoms. The van der Waals surface area contributed by atoms with Crippen LogP contribution in [0.15, 0.2) is 60.7 Å². The quantitative estimate of drug-likeness (QED) is 0.806. The first-order valence-corrected chi connectivity index (χ1v) is 9.73. The van der Waals surface area contributed by atoms with Crippen LogP contribution in [-0.2, 0) is 17.1 Å². The van der Waals surface area contributed by atoms with E-state index in [1.807, 2.05) is 18.2 Å². The van der Waals surface area contributed by atoms with Crippen LogP contribution >= 0.6 is 11.8 Å². The number of rotatable bonds is 7. The molecule has 3 rings (SSSR count). The maximum absolute atomic E-state index is 12.1. The molecule has 126 valence electrons. The molecule has 4 heteroatoms. The molecule has 2 N–H and O–H groups in total. The van der Waals surface area contributed by atoms with Crippen LogP contribution in [-0.4, -0.2) is 30.8 Å². The van der Waals surface area contributed by atoms with Gasteiger partial charge in [0.05, 0.1) is 24.9 Å². The van der Waals surface area contributed by atoms with Gasteiger partial charge in [-0.25, -0.2) is 0 Å². The molecule has 2 atom stereocenters. The van der Waals surface area contributed by atoms with Gasteiger partial charge in [-0.05, 0) is 5.56 Å². The highest BCUT2D eigenvalue weighted by Gasteiger charge is 2.27. The molecule has 0 bridgehead atoms. The molecule has 1 heterocycles. The molecular weight excluding hydrogens is 316 g/mol. The predicted octanol–water partition coefficient (Wildman–Crippen LogP) is 1.89. The standard InChI is InChI=1S/C20H24N2OS/c23-20(16-24-15-18-9-5-2-6-10-18)21-19-11-12-22(14-19)13-17-7-3-1-4-8-17/h1-10,19H,11-16H2,(H,21,23)/p+1/t19-/m0/s1. The lowest BCUT2D eigenvalue weighted by Gasteiger charge is -2.14. The maximum Gasteiger partial charge on any atom is 0.230 e. The van der Waals surface area contributed by atoms with Gasteiger partial charge >= 0.3 is 0 Å². The third-order valence-electron chi connectivity index (χ3n) is 4.39. The molecule has 1 aliphatic rings. The summed E-state index contributed by atoms with van der Waals surface area (Å²) in [5.41, 5.74) is 2.65. The van der Waals surface area contributed by atoms with Gasteiger partial charge in [-0.1, -0.05) is 60.7 Å². The molecule has 0 aliphatic carbocycles. The first kappa shape index (κ1) is 17.1. The normalized spacial score (nSPS) is 20.0. The van der Waals surface area contributed by atoms with Crippen LogP contribution in [0.5, 0.6) is 0 Å². The lowest BCUT2D eigenvalue weighted by atomic mass is 10.2. The van der Waals surface area contributed by atoms with Crippen LogP contribution in [0.3, 0.4) is 0 Å². The van der Waals surface area contributed by atoms with Crippen LogP contribution in [0, 0.1) is 0 Å². The minimum atomic E-state index is 0.168. The first-order valence-electron chi connectivity index (χ1n) is 8.58. The van der Waals surface area contributed by atoms with E-state index in [2.05, 4.69) is 47.8 Å². The Labute approximate surface area is 148 Å². The van der Waals surface area contributed by atoms with E-state index in [0.29, 0.717) is 11.8 Å². The Kier molecular flexibility index (Phi) is 6.33. The molecule has 1 saturated heterocycles. The summed E-state index contributed by atoms with van der Waals surface area (Å²) in [6.07, 6.45) is 1.08. The summed E-state index contributed by atoms with van der Waals surface area (Å²) in [5.74, 6) is 1.60. The van der Waals surface area contributed by atoms with Gasteiger partial charge in [-0.2, -0.15) is 0 Å². The van der Waals surface area contributed by atoms with Crippen molar-refractivity contribution in [3.8, 4) is 0 Å². The van der Waals surface area contributed by atoms with Crippen LogP contribution in [0.1, 0.15) is 17.5 Å². The van der Waals surface area contributed by atoms with Gasteiger partial charge in [0.1, 0.15) is 6.54 Å². The molecule has 1 aliphatic heterocycles. The molecule has 1 unspecified atom stereocenters. The van der Waals surface area contributed by atoms with Gasteiger partial charge in [0.2, 0.25) is 5.91 Å². The Morgan fingerprint density at radius 3 is 2.42 bits per heavy atom. The Morgan fingerprint density at radius 1 is 1.04 bits per heavy atom. The zero-order valence-corrected chi connectivity index (χ0v) is 14.7. The van der Waals surface area contributed by atoms with Gasteiger partial charge in [0, 0.05) is 17.7 Å². The highest BCUT2D eigenvalue weighted by Crippen LogP contribution is 2.11. The van der Waals surface area contributed by atoms with Gasteiger partial charge < -0.3 is 10.2 Å². The van der Waals surface area contributed by atoms with Crippen molar-refractivity contribution in [2.24, 2.45) is 0 Å². The molecule has 1 amide bonds. The second-order valence-electron chi connectivity index (χ2n) is 6.40. The van der Waals surface area contributed by atoms with E-state index in [0.717, 1.165) is 31.8 Å². The summed E-state index contributed by atoms with van der Waals surface area (Å²) in [5, 5.41) is 3.20. The molecular formula is C20H25N2OS+. The first-order chi connectivity index (χ1) is 11.8. The van der Waals surface area contributed by atoms with Crippen molar-refractivity contribution in [3.63, 3.8) is 0 Å². The Morgan fingerprint density at radius 2 is 1.71 bits per heavy atom. The molecule has 24 heavy (non-hydrogen) atoms. The second-order valence-corrected chi connectivity index (χ2v) is 7.38. The third-order valence-corrected chi connectivity index (χ3v) is 5.39. The minimum absolute atomic E-state index is 0.168. The summed E-state index contributed by atoms with van der Waals surface area (Å²) in [6, 6.07) is 21.2. The van der Waals surface area contributed by atoms with E-state index in [1.165, 1.54) is 11.1 Å².